The third-order valence-electron chi connectivity index (χ3n) is 5.04. The van der Waals surface area contributed by atoms with Crippen LogP contribution in [0.25, 0.3) is 28.1 Å². The third kappa shape index (κ3) is 2.77. The van der Waals surface area contributed by atoms with Crippen molar-refractivity contribution in [2.75, 3.05) is 0 Å². The average molecular weight is 396 g/mol. The van der Waals surface area contributed by atoms with Gasteiger partial charge in [0.25, 0.3) is 5.82 Å². The smallest absolute Gasteiger partial charge is 0.328 e. The molecule has 2 aromatic heterocycles. The van der Waals surface area contributed by atoms with Crippen molar-refractivity contribution in [3.05, 3.63) is 46.5 Å². The molecule has 8 heteroatoms. The van der Waals surface area contributed by atoms with Crippen LogP contribution in [0.5, 0.6) is 11.5 Å². The van der Waals surface area contributed by atoms with Crippen molar-refractivity contribution in [2.24, 2.45) is 0 Å². The minimum Gasteiger partial charge on any atom is -0.508 e. The van der Waals surface area contributed by atoms with E-state index < -0.39 is 0 Å². The first-order valence-electron chi connectivity index (χ1n) is 9.19. The molecule has 4 N–H and O–H groups in total. The Morgan fingerprint density at radius 2 is 1.89 bits per heavy atom. The maximum absolute atomic E-state index is 10.4. The number of aryl methyl sites for hydroxylation is 3. The summed E-state index contributed by atoms with van der Waals surface area (Å²) in [5.74, 6) is 1.61. The van der Waals surface area contributed by atoms with Crippen LogP contribution >= 0.6 is 12.2 Å². The summed E-state index contributed by atoms with van der Waals surface area (Å²) in [6.45, 7) is 6.89. The number of nitrogens with one attached hydrogen (secondary N) is 2. The summed E-state index contributed by atoms with van der Waals surface area (Å²) >= 11 is 5.48. The molecule has 4 rings (SSSR count). The molecule has 0 aliphatic rings. The van der Waals surface area contributed by atoms with E-state index in [0.717, 1.165) is 34.7 Å². The average Bonchev–Trinajstić information content (AvgIpc) is 3.20. The highest BCUT2D eigenvalue weighted by molar-refractivity contribution is 7.71. The largest absolute Gasteiger partial charge is 0.508 e. The van der Waals surface area contributed by atoms with Gasteiger partial charge in [0.1, 0.15) is 23.0 Å². The van der Waals surface area contributed by atoms with E-state index >= 15 is 0 Å². The van der Waals surface area contributed by atoms with Crippen LogP contribution in [0.2, 0.25) is 0 Å². The SMILES string of the molecule is CCc1cc(-c2[nH][nH]c(=S)[n+]2-c2ccc3c(c2)nc(C)n3CC)c(O)cc1O. The molecule has 0 aliphatic carbocycles. The summed E-state index contributed by atoms with van der Waals surface area (Å²) in [7, 11) is 0. The van der Waals surface area contributed by atoms with Crippen molar-refractivity contribution in [3.63, 3.8) is 0 Å². The predicted octanol–water partition coefficient (Wildman–Crippen LogP) is 3.67. The maximum atomic E-state index is 10.4. The number of imidazole rings is 1. The Kier molecular flexibility index (Phi) is 4.43. The van der Waals surface area contributed by atoms with Crippen LogP contribution < -0.4 is 4.57 Å². The predicted molar refractivity (Wildman–Crippen MR) is 109 cm³/mol. The molecule has 0 unspecified atom stereocenters. The zero-order valence-electron chi connectivity index (χ0n) is 15.9. The first-order chi connectivity index (χ1) is 13.4. The van der Waals surface area contributed by atoms with Crippen LogP contribution in [-0.2, 0) is 13.0 Å². The second-order valence-electron chi connectivity index (χ2n) is 6.67. The molecule has 28 heavy (non-hydrogen) atoms. The molecule has 0 atom stereocenters. The highest BCUT2D eigenvalue weighted by atomic mass is 32.1. The third-order valence-corrected chi connectivity index (χ3v) is 5.33. The molecular formula is C20H22N5O2S+. The lowest BCUT2D eigenvalue weighted by molar-refractivity contribution is -0.591. The van der Waals surface area contributed by atoms with Crippen molar-refractivity contribution in [1.29, 1.82) is 0 Å². The molecule has 0 aliphatic heterocycles. The van der Waals surface area contributed by atoms with Gasteiger partial charge >= 0.3 is 4.77 Å². The van der Waals surface area contributed by atoms with Crippen LogP contribution in [0.15, 0.2) is 30.3 Å². The number of fused-ring (bicyclic) bond motifs is 1. The first kappa shape index (κ1) is 18.2. The summed E-state index contributed by atoms with van der Waals surface area (Å²) in [6.07, 6.45) is 0.643. The number of nitrogens with zero attached hydrogens (tertiary/aromatic N) is 3. The van der Waals surface area contributed by atoms with Gasteiger partial charge in [-0.05, 0) is 56.2 Å². The highest BCUT2D eigenvalue weighted by Crippen LogP contribution is 2.33. The molecule has 0 spiro atoms. The van der Waals surface area contributed by atoms with Crippen LogP contribution in [-0.4, -0.2) is 30.0 Å². The van der Waals surface area contributed by atoms with Gasteiger partial charge < -0.3 is 14.8 Å². The number of aromatic nitrogens is 5. The second kappa shape index (κ2) is 6.79. The number of benzene rings is 2. The summed E-state index contributed by atoms with van der Waals surface area (Å²) in [5, 5.41) is 26.4. The van der Waals surface area contributed by atoms with Gasteiger partial charge in [-0.3, -0.25) is 0 Å². The Bertz CT molecular complexity index is 1250. The lowest BCUT2D eigenvalue weighted by Gasteiger charge is -2.08. The molecule has 7 nitrogen and oxygen atoms in total. The van der Waals surface area contributed by atoms with Gasteiger partial charge in [0.05, 0.1) is 16.6 Å². The maximum Gasteiger partial charge on any atom is 0.328 e. The van der Waals surface area contributed by atoms with Crippen molar-refractivity contribution in [1.82, 2.24) is 19.7 Å². The molecule has 4 aromatic rings. The molecule has 0 bridgehead atoms. The van der Waals surface area contributed by atoms with Crippen LogP contribution in [0.1, 0.15) is 25.2 Å². The van der Waals surface area contributed by atoms with Crippen LogP contribution in [0.3, 0.4) is 0 Å². The molecule has 0 amide bonds. The number of hydrogen-bond donors (Lipinski definition) is 4. The van der Waals surface area contributed by atoms with Crippen LogP contribution in [0, 0.1) is 11.7 Å². The lowest BCUT2D eigenvalue weighted by Crippen LogP contribution is -2.32. The quantitative estimate of drug-likeness (QED) is 0.313. The van der Waals surface area contributed by atoms with Crippen molar-refractivity contribution < 1.29 is 14.8 Å². The fourth-order valence-corrected chi connectivity index (χ4v) is 3.88. The van der Waals surface area contributed by atoms with Crippen molar-refractivity contribution in [2.45, 2.75) is 33.7 Å². The molecular weight excluding hydrogens is 374 g/mol. The minimum absolute atomic E-state index is 0.0270. The molecule has 0 fully saturated rings. The summed E-state index contributed by atoms with van der Waals surface area (Å²) < 4.78 is 4.44. The Balaban J connectivity index is 1.93. The highest BCUT2D eigenvalue weighted by Gasteiger charge is 2.22. The number of rotatable bonds is 4. The molecule has 2 heterocycles. The van der Waals surface area contributed by atoms with E-state index in [-0.39, 0.29) is 11.5 Å². The molecule has 2 aromatic carbocycles. The van der Waals surface area contributed by atoms with E-state index in [1.54, 1.807) is 6.07 Å². The molecule has 144 valence electrons. The Labute approximate surface area is 166 Å². The summed E-state index contributed by atoms with van der Waals surface area (Å²) in [4.78, 5) is 4.66. The normalized spacial score (nSPS) is 11.4. The van der Waals surface area contributed by atoms with E-state index in [2.05, 4.69) is 26.7 Å². The lowest BCUT2D eigenvalue weighted by atomic mass is 10.1. The standard InChI is InChI=1S/C20H21N5O2S/c1-4-12-8-14(18(27)10-17(12)26)19-22-23-20(28)25(19)13-6-7-16-15(9-13)21-11(3)24(16)5-2/h6-10H,4-5H2,1-3H3,(H3,22,23,26,27,28)/p+1. The van der Waals surface area contributed by atoms with Crippen LogP contribution in [0.4, 0.5) is 0 Å². The van der Waals surface area contributed by atoms with Gasteiger partial charge in [-0.15, -0.1) is 5.10 Å². The van der Waals surface area contributed by atoms with E-state index in [9.17, 15) is 10.2 Å². The minimum atomic E-state index is -0.0270. The van der Waals surface area contributed by atoms with Gasteiger partial charge in [-0.1, -0.05) is 6.92 Å². The number of aromatic amines is 2. The summed E-state index contributed by atoms with van der Waals surface area (Å²) in [5.41, 5.74) is 4.08. The number of aromatic hydroxyl groups is 2. The van der Waals surface area contributed by atoms with E-state index in [0.29, 0.717) is 22.6 Å². The van der Waals surface area contributed by atoms with Gasteiger partial charge in [-0.25, -0.2) is 4.98 Å². The number of hydrogen-bond acceptors (Lipinski definition) is 4. The molecule has 0 saturated carbocycles. The first-order valence-corrected chi connectivity index (χ1v) is 9.60. The molecule has 0 radical (unpaired) electrons. The fraction of sp³-hybridized carbons (Fsp3) is 0.250. The Morgan fingerprint density at radius 1 is 1.11 bits per heavy atom. The molecule has 0 saturated heterocycles. The topological polar surface area (TPSA) is 93.7 Å². The van der Waals surface area contributed by atoms with Crippen molar-refractivity contribution >= 4 is 23.3 Å². The van der Waals surface area contributed by atoms with E-state index in [4.69, 9.17) is 12.2 Å². The van der Waals surface area contributed by atoms with Crippen molar-refractivity contribution in [3.8, 4) is 28.6 Å². The Morgan fingerprint density at radius 3 is 2.61 bits per heavy atom. The number of H-pyrrole nitrogens is 2. The number of phenols is 2. The van der Waals surface area contributed by atoms with E-state index in [1.807, 2.05) is 36.6 Å². The number of phenolic OH excluding ortho intramolecular Hbond substituents is 2. The van der Waals surface area contributed by atoms with Gasteiger partial charge in [0, 0.05) is 18.7 Å². The fourth-order valence-electron chi connectivity index (χ4n) is 3.63. The summed E-state index contributed by atoms with van der Waals surface area (Å²) in [6, 6.07) is 9.12. The zero-order chi connectivity index (χ0) is 20.0. The second-order valence-corrected chi connectivity index (χ2v) is 7.05. The van der Waals surface area contributed by atoms with E-state index in [1.165, 1.54) is 6.07 Å². The van der Waals surface area contributed by atoms with Gasteiger partial charge in [-0.2, -0.15) is 9.67 Å². The monoisotopic (exact) mass is 396 g/mol. The van der Waals surface area contributed by atoms with Gasteiger partial charge in [0.2, 0.25) is 0 Å². The van der Waals surface area contributed by atoms with Gasteiger partial charge in [0.15, 0.2) is 0 Å². The Hall–Kier alpha value is -3.13. The zero-order valence-corrected chi connectivity index (χ0v) is 16.8.